The van der Waals surface area contributed by atoms with Crippen LogP contribution in [0.1, 0.15) is 54.4 Å². The van der Waals surface area contributed by atoms with E-state index in [9.17, 15) is 14.4 Å². The van der Waals surface area contributed by atoms with Gasteiger partial charge >= 0.3 is 0 Å². The molecule has 0 aromatic heterocycles. The van der Waals surface area contributed by atoms with Crippen molar-refractivity contribution in [2.75, 3.05) is 20.1 Å². The molecule has 1 heterocycles. The summed E-state index contributed by atoms with van der Waals surface area (Å²) in [5.74, 6) is -0.258. The predicted octanol–water partition coefficient (Wildman–Crippen LogP) is 0.888. The van der Waals surface area contributed by atoms with Gasteiger partial charge in [-0.15, -0.1) is 0 Å². The molecule has 0 radical (unpaired) electrons. The maximum atomic E-state index is 13.3. The van der Waals surface area contributed by atoms with Crippen LogP contribution in [0.25, 0.3) is 0 Å². The van der Waals surface area contributed by atoms with E-state index >= 15 is 0 Å². The minimum absolute atomic E-state index is 0.105. The second kappa shape index (κ2) is 9.35. The molecule has 0 bridgehead atoms. The highest BCUT2D eigenvalue weighted by Crippen LogP contribution is 2.28. The van der Waals surface area contributed by atoms with Gasteiger partial charge in [0, 0.05) is 13.1 Å². The van der Waals surface area contributed by atoms with E-state index < -0.39 is 23.5 Å². The summed E-state index contributed by atoms with van der Waals surface area (Å²) >= 11 is 0. The average Bonchev–Trinajstić information content (AvgIpc) is 2.96. The highest BCUT2D eigenvalue weighted by molar-refractivity contribution is 5.93. The van der Waals surface area contributed by atoms with E-state index in [-0.39, 0.29) is 23.6 Å². The number of hydrogen-bond donors (Lipinski definition) is 3. The quantitative estimate of drug-likeness (QED) is 0.622. The molecule has 1 fully saturated rings. The van der Waals surface area contributed by atoms with Crippen LogP contribution in [0.5, 0.6) is 0 Å². The summed E-state index contributed by atoms with van der Waals surface area (Å²) in [6.07, 6.45) is 1.50. The van der Waals surface area contributed by atoms with Gasteiger partial charge in [0.05, 0.1) is 6.04 Å². The van der Waals surface area contributed by atoms with Crippen LogP contribution in [0.4, 0.5) is 0 Å². The van der Waals surface area contributed by atoms with Crippen LogP contribution < -0.4 is 16.0 Å². The van der Waals surface area contributed by atoms with E-state index in [0.29, 0.717) is 19.5 Å². The Bertz CT molecular complexity index is 515. The second-order valence-electron chi connectivity index (χ2n) is 8.46. The van der Waals surface area contributed by atoms with Gasteiger partial charge in [0.2, 0.25) is 17.7 Å². The van der Waals surface area contributed by atoms with E-state index in [1.54, 1.807) is 18.9 Å². The topological polar surface area (TPSA) is 90.5 Å². The lowest BCUT2D eigenvalue weighted by atomic mass is 9.85. The molecule has 3 N–H and O–H groups in total. The van der Waals surface area contributed by atoms with Gasteiger partial charge in [-0.2, -0.15) is 0 Å². The summed E-state index contributed by atoms with van der Waals surface area (Å²) in [5, 5.41) is 8.66. The summed E-state index contributed by atoms with van der Waals surface area (Å²) < 4.78 is 0. The number of carbonyl (C=O) groups is 3. The monoisotopic (exact) mass is 368 g/mol. The smallest absolute Gasteiger partial charge is 0.246 e. The minimum atomic E-state index is -0.683. The first-order chi connectivity index (χ1) is 12.0. The van der Waals surface area contributed by atoms with Crippen LogP contribution in [0, 0.1) is 11.3 Å². The summed E-state index contributed by atoms with van der Waals surface area (Å²) in [4.78, 5) is 39.8. The van der Waals surface area contributed by atoms with Gasteiger partial charge in [-0.3, -0.25) is 14.4 Å². The SMILES string of the molecule is CCCNC(=O)[C@@H]1C[C@H](C)CN1C(=O)[C@@H](NC(=O)[C@H](C)NC)C(C)(C)C. The molecule has 1 rings (SSSR count). The number of amides is 3. The highest BCUT2D eigenvalue weighted by atomic mass is 16.2. The zero-order valence-electron chi connectivity index (χ0n) is 17.3. The summed E-state index contributed by atoms with van der Waals surface area (Å²) in [7, 11) is 1.70. The van der Waals surface area contributed by atoms with E-state index in [1.807, 2.05) is 34.6 Å². The molecule has 4 atom stereocenters. The van der Waals surface area contributed by atoms with E-state index in [0.717, 1.165) is 6.42 Å². The molecule has 0 spiro atoms. The number of carbonyl (C=O) groups excluding carboxylic acids is 3. The Morgan fingerprint density at radius 1 is 1.23 bits per heavy atom. The second-order valence-corrected chi connectivity index (χ2v) is 8.46. The first-order valence-corrected chi connectivity index (χ1v) is 9.58. The molecule has 0 saturated carbocycles. The Labute approximate surface area is 157 Å². The number of nitrogens with zero attached hydrogens (tertiary/aromatic N) is 1. The van der Waals surface area contributed by atoms with Crippen molar-refractivity contribution in [2.45, 2.75) is 72.5 Å². The van der Waals surface area contributed by atoms with Crippen LogP contribution in [-0.2, 0) is 14.4 Å². The maximum Gasteiger partial charge on any atom is 0.246 e. The Morgan fingerprint density at radius 2 is 1.85 bits per heavy atom. The zero-order chi connectivity index (χ0) is 20.1. The van der Waals surface area contributed by atoms with E-state index in [4.69, 9.17) is 0 Å². The fourth-order valence-electron chi connectivity index (χ4n) is 3.12. The average molecular weight is 369 g/mol. The lowest BCUT2D eigenvalue weighted by molar-refractivity contribution is -0.144. The molecule has 0 unspecified atom stereocenters. The first-order valence-electron chi connectivity index (χ1n) is 9.58. The molecule has 0 aromatic rings. The largest absolute Gasteiger partial charge is 0.354 e. The Hall–Kier alpha value is -1.63. The molecular formula is C19H36N4O3. The van der Waals surface area contributed by atoms with E-state index in [1.165, 1.54) is 0 Å². The summed E-state index contributed by atoms with van der Waals surface area (Å²) in [5.41, 5.74) is -0.462. The van der Waals surface area contributed by atoms with Gasteiger partial charge in [0.25, 0.3) is 0 Å². The Balaban J connectivity index is 3.00. The van der Waals surface area contributed by atoms with Crippen LogP contribution in [0.2, 0.25) is 0 Å². The number of rotatable bonds is 7. The molecule has 0 aromatic carbocycles. The van der Waals surface area contributed by atoms with Crippen LogP contribution >= 0.6 is 0 Å². The van der Waals surface area contributed by atoms with Crippen molar-refractivity contribution in [1.82, 2.24) is 20.9 Å². The Kier molecular flexibility index (Phi) is 8.06. The lowest BCUT2D eigenvalue weighted by Crippen LogP contribution is -2.59. The van der Waals surface area contributed by atoms with E-state index in [2.05, 4.69) is 16.0 Å². The molecule has 7 nitrogen and oxygen atoms in total. The van der Waals surface area contributed by atoms with Crippen molar-refractivity contribution in [1.29, 1.82) is 0 Å². The van der Waals surface area contributed by atoms with Gasteiger partial charge in [-0.1, -0.05) is 34.6 Å². The molecule has 26 heavy (non-hydrogen) atoms. The number of hydrogen-bond acceptors (Lipinski definition) is 4. The lowest BCUT2D eigenvalue weighted by Gasteiger charge is -2.36. The van der Waals surface area contributed by atoms with Crippen LogP contribution in [-0.4, -0.2) is 60.9 Å². The number of nitrogens with one attached hydrogen (secondary N) is 3. The molecule has 1 aliphatic rings. The predicted molar refractivity (Wildman–Crippen MR) is 102 cm³/mol. The molecule has 0 aliphatic carbocycles. The third-order valence-corrected chi connectivity index (χ3v) is 4.87. The third kappa shape index (κ3) is 5.69. The van der Waals surface area contributed by atoms with Crippen molar-refractivity contribution in [3.63, 3.8) is 0 Å². The first kappa shape index (κ1) is 22.4. The maximum absolute atomic E-state index is 13.3. The van der Waals surface area contributed by atoms with Gasteiger partial charge in [-0.05, 0) is 38.1 Å². The number of likely N-dealkylation sites (tertiary alicyclic amines) is 1. The Morgan fingerprint density at radius 3 is 2.35 bits per heavy atom. The van der Waals surface area contributed by atoms with Crippen LogP contribution in [0.3, 0.4) is 0 Å². The highest BCUT2D eigenvalue weighted by Gasteiger charge is 2.43. The van der Waals surface area contributed by atoms with Crippen molar-refractivity contribution < 1.29 is 14.4 Å². The van der Waals surface area contributed by atoms with Crippen molar-refractivity contribution in [3.05, 3.63) is 0 Å². The third-order valence-electron chi connectivity index (χ3n) is 4.87. The van der Waals surface area contributed by atoms with Gasteiger partial charge in [0.1, 0.15) is 12.1 Å². The molecule has 1 saturated heterocycles. The molecule has 3 amide bonds. The molecular weight excluding hydrogens is 332 g/mol. The van der Waals surface area contributed by atoms with Crippen molar-refractivity contribution >= 4 is 17.7 Å². The van der Waals surface area contributed by atoms with Gasteiger partial charge in [-0.25, -0.2) is 0 Å². The normalized spacial score (nSPS) is 22.7. The van der Waals surface area contributed by atoms with Gasteiger partial charge < -0.3 is 20.9 Å². The van der Waals surface area contributed by atoms with Crippen molar-refractivity contribution in [2.24, 2.45) is 11.3 Å². The molecule has 1 aliphatic heterocycles. The fourth-order valence-corrected chi connectivity index (χ4v) is 3.12. The fraction of sp³-hybridized carbons (Fsp3) is 0.842. The minimum Gasteiger partial charge on any atom is -0.354 e. The molecule has 150 valence electrons. The van der Waals surface area contributed by atoms with Gasteiger partial charge in [0.15, 0.2) is 0 Å². The number of likely N-dealkylation sites (N-methyl/N-ethyl adjacent to an activating group) is 1. The van der Waals surface area contributed by atoms with Crippen molar-refractivity contribution in [3.8, 4) is 0 Å². The van der Waals surface area contributed by atoms with Crippen LogP contribution in [0.15, 0.2) is 0 Å². The summed E-state index contributed by atoms with van der Waals surface area (Å²) in [6.45, 7) is 12.7. The summed E-state index contributed by atoms with van der Waals surface area (Å²) in [6, 6.07) is -1.54. The zero-order valence-corrected chi connectivity index (χ0v) is 17.3. The molecule has 7 heteroatoms. The standard InChI is InChI=1S/C19H36N4O3/c1-8-9-21-17(25)14-10-12(2)11-23(14)18(26)15(19(4,5)6)22-16(24)13(3)20-7/h12-15,20H,8-11H2,1-7H3,(H,21,25)(H,22,24)/t12-,13-,14-,15+/m0/s1.